The first-order valence-corrected chi connectivity index (χ1v) is 11.2. The van der Waals surface area contributed by atoms with E-state index in [-0.39, 0.29) is 0 Å². The number of ether oxygens (including phenoxy) is 2. The number of nitrogens with zero attached hydrogens (tertiary/aromatic N) is 2. The van der Waals surface area contributed by atoms with Gasteiger partial charge in [0.25, 0.3) is 0 Å². The summed E-state index contributed by atoms with van der Waals surface area (Å²) in [5.74, 6) is 0.838. The molecule has 0 amide bonds. The molecule has 7 heteroatoms. The average Bonchev–Trinajstić information content (AvgIpc) is 3.16. The molecule has 0 aliphatic carbocycles. The smallest absolute Gasteiger partial charge is 0.191 e. The number of aryl methyl sites for hydroxylation is 1. The van der Waals surface area contributed by atoms with E-state index < -0.39 is 0 Å². The van der Waals surface area contributed by atoms with E-state index in [1.165, 1.54) is 16.0 Å². The van der Waals surface area contributed by atoms with Crippen LogP contribution in [0.15, 0.2) is 35.5 Å². The van der Waals surface area contributed by atoms with Crippen molar-refractivity contribution >= 4 is 17.3 Å². The van der Waals surface area contributed by atoms with E-state index in [1.54, 1.807) is 11.3 Å². The molecule has 0 saturated carbocycles. The summed E-state index contributed by atoms with van der Waals surface area (Å²) >= 11 is 1.75. The maximum atomic E-state index is 6.04. The fraction of sp³-hybridized carbons (Fsp3) is 0.545. The van der Waals surface area contributed by atoms with Crippen molar-refractivity contribution in [2.45, 2.75) is 52.4 Å². The van der Waals surface area contributed by atoms with Gasteiger partial charge in [-0.15, -0.1) is 11.3 Å². The molecule has 0 radical (unpaired) electrons. The molecule has 2 N–H and O–H groups in total. The van der Waals surface area contributed by atoms with Gasteiger partial charge in [-0.1, -0.05) is 24.3 Å². The van der Waals surface area contributed by atoms with Gasteiger partial charge < -0.3 is 20.1 Å². The Bertz CT molecular complexity index is 772. The number of rotatable bonds is 9. The van der Waals surface area contributed by atoms with E-state index in [1.807, 2.05) is 6.20 Å². The monoisotopic (exact) mass is 416 g/mol. The lowest BCUT2D eigenvalue weighted by molar-refractivity contribution is -0.0390. The molecule has 158 valence electrons. The van der Waals surface area contributed by atoms with E-state index in [0.29, 0.717) is 19.3 Å². The van der Waals surface area contributed by atoms with Crippen molar-refractivity contribution in [3.8, 4) is 0 Å². The highest BCUT2D eigenvalue weighted by atomic mass is 32.1. The summed E-state index contributed by atoms with van der Waals surface area (Å²) in [4.78, 5) is 10.4. The minimum Gasteiger partial charge on any atom is -0.381 e. The van der Waals surface area contributed by atoms with Gasteiger partial charge in [-0.25, -0.2) is 9.98 Å². The fourth-order valence-electron chi connectivity index (χ4n) is 3.19. The van der Waals surface area contributed by atoms with Crippen molar-refractivity contribution in [2.75, 3.05) is 26.3 Å². The minimum atomic E-state index is 0.316. The lowest BCUT2D eigenvalue weighted by atomic mass is 10.1. The summed E-state index contributed by atoms with van der Waals surface area (Å²) in [6.07, 6.45) is 5.13. The summed E-state index contributed by atoms with van der Waals surface area (Å²) in [6, 6.07) is 8.50. The fourth-order valence-corrected chi connectivity index (χ4v) is 3.98. The Morgan fingerprint density at radius 3 is 2.86 bits per heavy atom. The van der Waals surface area contributed by atoms with E-state index in [4.69, 9.17) is 14.5 Å². The van der Waals surface area contributed by atoms with Crippen molar-refractivity contribution in [1.29, 1.82) is 0 Å². The zero-order valence-corrected chi connectivity index (χ0v) is 18.3. The Balaban J connectivity index is 1.48. The number of thiazole rings is 1. The van der Waals surface area contributed by atoms with Gasteiger partial charge in [0.15, 0.2) is 5.96 Å². The van der Waals surface area contributed by atoms with E-state index in [9.17, 15) is 0 Å². The van der Waals surface area contributed by atoms with Crippen molar-refractivity contribution in [1.82, 2.24) is 15.6 Å². The van der Waals surface area contributed by atoms with Crippen LogP contribution in [-0.4, -0.2) is 43.4 Å². The third kappa shape index (κ3) is 7.76. The molecule has 1 aliphatic heterocycles. The number of guanidine groups is 1. The molecule has 1 aromatic heterocycles. The largest absolute Gasteiger partial charge is 0.381 e. The predicted molar refractivity (Wildman–Crippen MR) is 118 cm³/mol. The normalized spacial score (nSPS) is 15.4. The summed E-state index contributed by atoms with van der Waals surface area (Å²) in [5.41, 5.74) is 2.38. The van der Waals surface area contributed by atoms with Gasteiger partial charge in [-0.05, 0) is 37.8 Å². The quantitative estimate of drug-likeness (QED) is 0.484. The van der Waals surface area contributed by atoms with Crippen LogP contribution >= 0.6 is 11.3 Å². The summed E-state index contributed by atoms with van der Waals surface area (Å²) in [5, 5.41) is 7.87. The molecule has 0 unspecified atom stereocenters. The number of aromatic nitrogens is 1. The van der Waals surface area contributed by atoms with Crippen LogP contribution in [0.3, 0.4) is 0 Å². The highest BCUT2D eigenvalue weighted by Gasteiger charge is 2.14. The van der Waals surface area contributed by atoms with E-state index in [2.05, 4.69) is 53.7 Å². The van der Waals surface area contributed by atoms with Crippen LogP contribution in [0.25, 0.3) is 0 Å². The molecule has 29 heavy (non-hydrogen) atoms. The Morgan fingerprint density at radius 2 is 2.10 bits per heavy atom. The van der Waals surface area contributed by atoms with Crippen LogP contribution in [0.5, 0.6) is 0 Å². The summed E-state index contributed by atoms with van der Waals surface area (Å²) < 4.78 is 11.4. The topological polar surface area (TPSA) is 67.8 Å². The number of benzene rings is 1. The second-order valence-corrected chi connectivity index (χ2v) is 8.50. The molecule has 1 aliphatic rings. The molecular formula is C22H32N4O2S. The maximum absolute atomic E-state index is 6.04. The highest BCUT2D eigenvalue weighted by molar-refractivity contribution is 7.11. The first-order chi connectivity index (χ1) is 14.2. The Hall–Kier alpha value is -1.96. The van der Waals surface area contributed by atoms with Crippen LogP contribution in [0, 0.1) is 6.92 Å². The van der Waals surface area contributed by atoms with Crippen molar-refractivity contribution in [3.05, 3.63) is 51.5 Å². The van der Waals surface area contributed by atoms with Gasteiger partial charge in [-0.2, -0.15) is 0 Å². The molecule has 1 saturated heterocycles. The molecular weight excluding hydrogens is 384 g/mol. The van der Waals surface area contributed by atoms with Crippen molar-refractivity contribution in [3.63, 3.8) is 0 Å². The third-order valence-corrected chi connectivity index (χ3v) is 5.68. The SMILES string of the molecule is CCNC(=NCc1cccc(COC2CCOCC2)c1)NCCc1ncc(C)s1. The van der Waals surface area contributed by atoms with Crippen LogP contribution in [0.1, 0.15) is 40.8 Å². The van der Waals surface area contributed by atoms with Gasteiger partial charge in [0.05, 0.1) is 24.3 Å². The average molecular weight is 417 g/mol. The molecule has 0 bridgehead atoms. The molecule has 3 rings (SSSR count). The van der Waals surface area contributed by atoms with Gasteiger partial charge >= 0.3 is 0 Å². The van der Waals surface area contributed by atoms with Gasteiger partial charge in [0.1, 0.15) is 0 Å². The van der Waals surface area contributed by atoms with Gasteiger partial charge in [0.2, 0.25) is 0 Å². The highest BCUT2D eigenvalue weighted by Crippen LogP contribution is 2.15. The van der Waals surface area contributed by atoms with E-state index >= 15 is 0 Å². The number of aliphatic imine (C=N–C) groups is 1. The molecule has 2 heterocycles. The van der Waals surface area contributed by atoms with Crippen molar-refractivity contribution in [2.24, 2.45) is 4.99 Å². The number of hydrogen-bond acceptors (Lipinski definition) is 5. The Morgan fingerprint density at radius 1 is 1.28 bits per heavy atom. The molecule has 6 nitrogen and oxygen atoms in total. The summed E-state index contributed by atoms with van der Waals surface area (Å²) in [6.45, 7) is 8.71. The van der Waals surface area contributed by atoms with Crippen LogP contribution in [0.4, 0.5) is 0 Å². The first kappa shape index (κ1) is 21.7. The predicted octanol–water partition coefficient (Wildman–Crippen LogP) is 3.44. The summed E-state index contributed by atoms with van der Waals surface area (Å²) in [7, 11) is 0. The van der Waals surface area contributed by atoms with Crippen LogP contribution < -0.4 is 10.6 Å². The van der Waals surface area contributed by atoms with Crippen molar-refractivity contribution < 1.29 is 9.47 Å². The lowest BCUT2D eigenvalue weighted by Gasteiger charge is -2.22. The molecule has 0 spiro atoms. The lowest BCUT2D eigenvalue weighted by Crippen LogP contribution is -2.38. The zero-order valence-electron chi connectivity index (χ0n) is 17.4. The number of hydrogen-bond donors (Lipinski definition) is 2. The second-order valence-electron chi connectivity index (χ2n) is 7.18. The minimum absolute atomic E-state index is 0.316. The number of nitrogens with one attached hydrogen (secondary N) is 2. The van der Waals surface area contributed by atoms with Gasteiger partial charge in [-0.3, -0.25) is 0 Å². The third-order valence-electron chi connectivity index (χ3n) is 4.71. The van der Waals surface area contributed by atoms with Gasteiger partial charge in [0, 0.05) is 43.8 Å². The molecule has 1 aromatic carbocycles. The standard InChI is InChI=1S/C22H32N4O2S/c1-3-23-22(24-10-7-21-25-14-17(2)29-21)26-15-18-5-4-6-19(13-18)16-28-20-8-11-27-12-9-20/h4-6,13-14,20H,3,7-12,15-16H2,1-2H3,(H2,23,24,26). The second kappa shape index (κ2) is 11.9. The van der Waals surface area contributed by atoms with E-state index in [0.717, 1.165) is 56.5 Å². The van der Waals surface area contributed by atoms with Crippen LogP contribution in [-0.2, 0) is 29.0 Å². The maximum Gasteiger partial charge on any atom is 0.191 e. The Labute approximate surface area is 177 Å². The molecule has 2 aromatic rings. The van der Waals surface area contributed by atoms with Crippen LogP contribution in [0.2, 0.25) is 0 Å². The Kier molecular flexibility index (Phi) is 8.92. The first-order valence-electron chi connectivity index (χ1n) is 10.4. The molecule has 0 atom stereocenters. The molecule has 1 fully saturated rings. The zero-order chi connectivity index (χ0) is 20.3.